The molecule has 0 spiro atoms. The van der Waals surface area contributed by atoms with E-state index in [1.807, 2.05) is 24.0 Å². The highest BCUT2D eigenvalue weighted by Crippen LogP contribution is 2.21. The van der Waals surface area contributed by atoms with Crippen LogP contribution < -0.4 is 4.72 Å². The van der Waals surface area contributed by atoms with Crippen LogP contribution in [0.4, 0.5) is 5.69 Å². The molecule has 1 amide bonds. The molecule has 1 heterocycles. The van der Waals surface area contributed by atoms with Crippen LogP contribution in [0.2, 0.25) is 0 Å². The van der Waals surface area contributed by atoms with Gasteiger partial charge in [-0.2, -0.15) is 0 Å². The van der Waals surface area contributed by atoms with E-state index in [2.05, 4.69) is 11.6 Å². The number of nitrogens with zero attached hydrogens (tertiary/aromatic N) is 1. The van der Waals surface area contributed by atoms with Crippen LogP contribution in [0.5, 0.6) is 0 Å². The largest absolute Gasteiger partial charge is 0.338 e. The number of carbonyl (C=O) groups excluding carboxylic acids is 1. The van der Waals surface area contributed by atoms with Crippen LogP contribution in [0.1, 0.15) is 42.6 Å². The maximum atomic E-state index is 12.8. The second-order valence-electron chi connectivity index (χ2n) is 7.18. The Balaban J connectivity index is 1.79. The van der Waals surface area contributed by atoms with Crippen molar-refractivity contribution in [1.82, 2.24) is 4.90 Å². The summed E-state index contributed by atoms with van der Waals surface area (Å²) in [4.78, 5) is 14.7. The molecule has 2 aromatic rings. The molecule has 1 unspecified atom stereocenters. The van der Waals surface area contributed by atoms with Crippen molar-refractivity contribution in [3.8, 4) is 0 Å². The monoisotopic (exact) mass is 386 g/mol. The number of rotatable bonds is 5. The van der Waals surface area contributed by atoms with Crippen molar-refractivity contribution < 1.29 is 13.2 Å². The van der Waals surface area contributed by atoms with Gasteiger partial charge in [0.15, 0.2) is 0 Å². The topological polar surface area (TPSA) is 66.5 Å². The molecule has 6 heteroatoms. The fraction of sp³-hybridized carbons (Fsp3) is 0.381. The van der Waals surface area contributed by atoms with Gasteiger partial charge in [-0.1, -0.05) is 32.0 Å². The minimum Gasteiger partial charge on any atom is -0.338 e. The summed E-state index contributed by atoms with van der Waals surface area (Å²) in [5.74, 6) is 0.369. The first-order chi connectivity index (χ1) is 12.9. The first kappa shape index (κ1) is 19.4. The number of piperidine rings is 1. The van der Waals surface area contributed by atoms with Gasteiger partial charge in [0.1, 0.15) is 0 Å². The molecule has 1 aliphatic rings. The molecular weight excluding hydrogens is 360 g/mol. The molecular formula is C21H26N2O3S. The molecule has 0 aliphatic carbocycles. The highest BCUT2D eigenvalue weighted by Gasteiger charge is 2.23. The molecule has 1 fully saturated rings. The fourth-order valence-corrected chi connectivity index (χ4v) is 4.48. The zero-order chi connectivity index (χ0) is 19.4. The average Bonchev–Trinajstić information content (AvgIpc) is 2.68. The molecule has 27 heavy (non-hydrogen) atoms. The first-order valence-corrected chi connectivity index (χ1v) is 10.9. The van der Waals surface area contributed by atoms with Crippen LogP contribution >= 0.6 is 0 Å². The van der Waals surface area contributed by atoms with Crippen molar-refractivity contribution in [2.75, 3.05) is 17.8 Å². The van der Waals surface area contributed by atoms with Crippen LogP contribution in [-0.2, 0) is 16.4 Å². The van der Waals surface area contributed by atoms with E-state index in [4.69, 9.17) is 0 Å². The van der Waals surface area contributed by atoms with E-state index in [9.17, 15) is 13.2 Å². The molecule has 0 bridgehead atoms. The van der Waals surface area contributed by atoms with E-state index in [1.54, 1.807) is 24.3 Å². The minimum absolute atomic E-state index is 0.0953. The molecule has 2 aromatic carbocycles. The molecule has 0 radical (unpaired) electrons. The lowest BCUT2D eigenvalue weighted by Crippen LogP contribution is -2.39. The van der Waals surface area contributed by atoms with Crippen LogP contribution in [0, 0.1) is 5.92 Å². The summed E-state index contributed by atoms with van der Waals surface area (Å²) in [5.41, 5.74) is 2.06. The molecule has 144 valence electrons. The average molecular weight is 387 g/mol. The van der Waals surface area contributed by atoms with Gasteiger partial charge in [0.25, 0.3) is 15.9 Å². The Kier molecular flexibility index (Phi) is 5.85. The van der Waals surface area contributed by atoms with E-state index in [0.29, 0.717) is 17.2 Å². The summed E-state index contributed by atoms with van der Waals surface area (Å²) in [7, 11) is -3.75. The Morgan fingerprint density at radius 3 is 2.59 bits per heavy atom. The summed E-state index contributed by atoms with van der Waals surface area (Å²) < 4.78 is 28.0. The third kappa shape index (κ3) is 4.69. The SMILES string of the molecule is CCc1ccc(NS(=O)(=O)c2cccc(C(=O)N3CCCC(C)C3)c2)cc1. The number of anilines is 1. The number of aryl methyl sites for hydroxylation is 1. The predicted octanol–water partition coefficient (Wildman–Crippen LogP) is 3.92. The Labute approximate surface area is 161 Å². The van der Waals surface area contributed by atoms with Crippen LogP contribution in [0.15, 0.2) is 53.4 Å². The summed E-state index contributed by atoms with van der Waals surface area (Å²) >= 11 is 0. The second kappa shape index (κ2) is 8.13. The Morgan fingerprint density at radius 2 is 1.93 bits per heavy atom. The third-order valence-electron chi connectivity index (χ3n) is 4.95. The predicted molar refractivity (Wildman–Crippen MR) is 107 cm³/mol. The lowest BCUT2D eigenvalue weighted by molar-refractivity contribution is 0.0683. The lowest BCUT2D eigenvalue weighted by Gasteiger charge is -2.31. The van der Waals surface area contributed by atoms with Crippen molar-refractivity contribution in [2.24, 2.45) is 5.92 Å². The van der Waals surface area contributed by atoms with Crippen molar-refractivity contribution in [3.05, 3.63) is 59.7 Å². The van der Waals surface area contributed by atoms with Gasteiger partial charge in [-0.25, -0.2) is 8.42 Å². The Hall–Kier alpha value is -2.34. The number of hydrogen-bond acceptors (Lipinski definition) is 3. The second-order valence-corrected chi connectivity index (χ2v) is 8.86. The van der Waals surface area contributed by atoms with Gasteiger partial charge < -0.3 is 4.90 Å². The van der Waals surface area contributed by atoms with Crippen molar-refractivity contribution in [3.63, 3.8) is 0 Å². The van der Waals surface area contributed by atoms with Gasteiger partial charge in [-0.15, -0.1) is 0 Å². The van der Waals surface area contributed by atoms with Crippen molar-refractivity contribution >= 4 is 21.6 Å². The van der Waals surface area contributed by atoms with Crippen molar-refractivity contribution in [1.29, 1.82) is 0 Å². The summed E-state index contributed by atoms with van der Waals surface area (Å²) in [5, 5.41) is 0. The number of carbonyl (C=O) groups is 1. The number of sulfonamides is 1. The van der Waals surface area contributed by atoms with Gasteiger partial charge >= 0.3 is 0 Å². The summed E-state index contributed by atoms with van der Waals surface area (Å²) in [6.07, 6.45) is 3.01. The number of hydrogen-bond donors (Lipinski definition) is 1. The standard InChI is InChI=1S/C21H26N2O3S/c1-3-17-9-11-19(12-10-17)22-27(25,26)20-8-4-7-18(14-20)21(24)23-13-5-6-16(2)15-23/h4,7-12,14,16,22H,3,5-6,13,15H2,1-2H3. The minimum atomic E-state index is -3.75. The third-order valence-corrected chi connectivity index (χ3v) is 6.33. The van der Waals surface area contributed by atoms with Crippen molar-refractivity contribution in [2.45, 2.75) is 38.0 Å². The maximum Gasteiger partial charge on any atom is 0.261 e. The van der Waals surface area contributed by atoms with Gasteiger partial charge in [0.05, 0.1) is 4.90 Å². The van der Waals surface area contributed by atoms with Gasteiger partial charge in [0, 0.05) is 24.3 Å². The maximum absolute atomic E-state index is 12.8. The Morgan fingerprint density at radius 1 is 1.19 bits per heavy atom. The van der Waals surface area contributed by atoms with Gasteiger partial charge in [-0.3, -0.25) is 9.52 Å². The number of nitrogens with one attached hydrogen (secondary N) is 1. The molecule has 0 saturated carbocycles. The molecule has 1 atom stereocenters. The van der Waals surface area contributed by atoms with E-state index in [1.165, 1.54) is 12.1 Å². The fourth-order valence-electron chi connectivity index (χ4n) is 3.38. The highest BCUT2D eigenvalue weighted by atomic mass is 32.2. The zero-order valence-corrected chi connectivity index (χ0v) is 16.6. The zero-order valence-electron chi connectivity index (χ0n) is 15.8. The molecule has 1 aliphatic heterocycles. The normalized spacial score (nSPS) is 17.6. The molecule has 1 N–H and O–H groups in total. The van der Waals surface area contributed by atoms with Crippen LogP contribution in [-0.4, -0.2) is 32.3 Å². The summed E-state index contributed by atoms with van der Waals surface area (Å²) in [6.45, 7) is 5.62. The molecule has 1 saturated heterocycles. The highest BCUT2D eigenvalue weighted by molar-refractivity contribution is 7.92. The first-order valence-electron chi connectivity index (χ1n) is 9.40. The molecule has 3 rings (SSSR count). The van der Waals surface area contributed by atoms with Crippen LogP contribution in [0.25, 0.3) is 0 Å². The lowest BCUT2D eigenvalue weighted by atomic mass is 9.99. The van der Waals surface area contributed by atoms with E-state index in [-0.39, 0.29) is 10.8 Å². The molecule has 5 nitrogen and oxygen atoms in total. The quantitative estimate of drug-likeness (QED) is 0.847. The van der Waals surface area contributed by atoms with E-state index >= 15 is 0 Å². The number of amides is 1. The number of likely N-dealkylation sites (tertiary alicyclic amines) is 1. The van der Waals surface area contributed by atoms with Gasteiger partial charge in [-0.05, 0) is 61.1 Å². The Bertz CT molecular complexity index is 907. The van der Waals surface area contributed by atoms with Gasteiger partial charge in [0.2, 0.25) is 0 Å². The van der Waals surface area contributed by atoms with E-state index in [0.717, 1.165) is 37.9 Å². The van der Waals surface area contributed by atoms with E-state index < -0.39 is 10.0 Å². The summed E-state index contributed by atoms with van der Waals surface area (Å²) in [6, 6.07) is 13.6. The molecule has 0 aromatic heterocycles. The smallest absolute Gasteiger partial charge is 0.261 e. The van der Waals surface area contributed by atoms with Crippen LogP contribution in [0.3, 0.4) is 0 Å². The number of benzene rings is 2.